The topological polar surface area (TPSA) is 76.3 Å². The molecule has 0 N–H and O–H groups in total. The lowest BCUT2D eigenvalue weighted by atomic mass is 9.76. The molecule has 0 amide bonds. The van der Waals surface area contributed by atoms with Crippen molar-refractivity contribution >= 4 is 11.6 Å². The molecular formula is C40H64N6O2. The number of carbonyl (C=O) groups is 2. The van der Waals surface area contributed by atoms with E-state index < -0.39 is 0 Å². The van der Waals surface area contributed by atoms with Crippen LogP contribution in [0.5, 0.6) is 0 Å². The Morgan fingerprint density at radius 3 is 1.62 bits per heavy atom. The smallest absolute Gasteiger partial charge is 0.138 e. The molecule has 0 aromatic carbocycles. The highest BCUT2D eigenvalue weighted by Gasteiger charge is 2.32. The number of nitrogens with zero attached hydrogens (tertiary/aromatic N) is 6. The van der Waals surface area contributed by atoms with Crippen LogP contribution in [0.4, 0.5) is 0 Å². The molecule has 1 atom stereocenters. The van der Waals surface area contributed by atoms with Gasteiger partial charge in [0.15, 0.2) is 0 Å². The van der Waals surface area contributed by atoms with Crippen LogP contribution >= 0.6 is 0 Å². The standard InChI is InChI=1S/C40H64N6O2/c1-29(2)39(47)35-11-7-32(8-12-35)26-44-21-17-38(18-22-44)46-28-34(24-42-46)6-5-31(4)40(48)36-13-9-33(10-14-36)27-43-19-15-37(16-20-43)45-25-30(3)23-41-45/h23-25,28-29,31-33,35-38H,5-22,26-27H2,1-4H3/t31?,32-,33-,35-,36+. The number of piperidine rings is 2. The number of rotatable bonds is 13. The molecule has 2 aliphatic carbocycles. The van der Waals surface area contributed by atoms with Crippen LogP contribution in [0.1, 0.15) is 127 Å². The molecule has 0 spiro atoms. The van der Waals surface area contributed by atoms with E-state index in [9.17, 15) is 9.59 Å². The Morgan fingerprint density at radius 2 is 1.15 bits per heavy atom. The third kappa shape index (κ3) is 9.26. The summed E-state index contributed by atoms with van der Waals surface area (Å²) in [5.41, 5.74) is 2.53. The quantitative estimate of drug-likeness (QED) is 0.224. The molecule has 48 heavy (non-hydrogen) atoms. The van der Waals surface area contributed by atoms with E-state index in [4.69, 9.17) is 5.10 Å². The van der Waals surface area contributed by atoms with Crippen molar-refractivity contribution in [3.8, 4) is 0 Å². The zero-order valence-corrected chi connectivity index (χ0v) is 30.6. The average Bonchev–Trinajstić information content (AvgIpc) is 3.77. The molecule has 0 bridgehead atoms. The van der Waals surface area contributed by atoms with E-state index in [2.05, 4.69) is 50.5 Å². The van der Waals surface area contributed by atoms with Crippen LogP contribution in [0.3, 0.4) is 0 Å². The summed E-state index contributed by atoms with van der Waals surface area (Å²) in [4.78, 5) is 31.1. The van der Waals surface area contributed by atoms with E-state index in [0.717, 1.165) is 76.3 Å². The Hall–Kier alpha value is -2.32. The van der Waals surface area contributed by atoms with Gasteiger partial charge >= 0.3 is 0 Å². The largest absolute Gasteiger partial charge is 0.303 e. The average molecular weight is 661 g/mol. The van der Waals surface area contributed by atoms with E-state index in [1.165, 1.54) is 75.8 Å². The predicted octanol–water partition coefficient (Wildman–Crippen LogP) is 7.34. The molecule has 2 aliphatic heterocycles. The molecule has 4 heterocycles. The molecule has 2 saturated heterocycles. The SMILES string of the molecule is Cc1cnn(C2CCN(C[C@H]3CC[C@@H](C(=O)C(C)CCc4cnn(C5CCN(C[C@H]6CC[C@H](C(=O)C(C)C)CC6)CC5)c4)CC3)CC2)c1. The number of carbonyl (C=O) groups excluding carboxylic acids is 2. The third-order valence-corrected chi connectivity index (χ3v) is 12.7. The highest BCUT2D eigenvalue weighted by molar-refractivity contribution is 5.83. The number of Topliss-reactive ketones (excluding diaryl/α,β-unsaturated/α-hetero) is 2. The minimum atomic E-state index is 0.127. The predicted molar refractivity (Wildman–Crippen MR) is 192 cm³/mol. The van der Waals surface area contributed by atoms with Gasteiger partial charge < -0.3 is 9.80 Å². The van der Waals surface area contributed by atoms with Crippen molar-refractivity contribution in [1.82, 2.24) is 29.4 Å². The number of hydrogen-bond acceptors (Lipinski definition) is 6. The van der Waals surface area contributed by atoms with Gasteiger partial charge in [-0.05, 0) is 120 Å². The fourth-order valence-electron chi connectivity index (χ4n) is 9.46. The van der Waals surface area contributed by atoms with E-state index in [1.54, 1.807) is 0 Å². The van der Waals surface area contributed by atoms with Crippen molar-refractivity contribution in [3.63, 3.8) is 0 Å². The van der Waals surface area contributed by atoms with Gasteiger partial charge in [0.05, 0.1) is 24.5 Å². The summed E-state index contributed by atoms with van der Waals surface area (Å²) in [5, 5.41) is 9.33. The molecular weight excluding hydrogens is 596 g/mol. The van der Waals surface area contributed by atoms with Gasteiger partial charge in [0.2, 0.25) is 0 Å². The van der Waals surface area contributed by atoms with Crippen LogP contribution in [-0.2, 0) is 16.0 Å². The summed E-state index contributed by atoms with van der Waals surface area (Å²) < 4.78 is 4.39. The van der Waals surface area contributed by atoms with Gasteiger partial charge in [-0.15, -0.1) is 0 Å². The first-order chi connectivity index (χ1) is 23.2. The van der Waals surface area contributed by atoms with Crippen molar-refractivity contribution in [2.75, 3.05) is 39.3 Å². The second-order valence-corrected chi connectivity index (χ2v) is 16.7. The second-order valence-electron chi connectivity index (χ2n) is 16.7. The first-order valence-corrected chi connectivity index (χ1v) is 19.8. The second kappa shape index (κ2) is 16.6. The Kier molecular flexibility index (Phi) is 12.3. The van der Waals surface area contributed by atoms with E-state index in [0.29, 0.717) is 29.6 Å². The first kappa shape index (κ1) is 35.5. The van der Waals surface area contributed by atoms with Crippen LogP contribution in [0.25, 0.3) is 0 Å². The lowest BCUT2D eigenvalue weighted by molar-refractivity contribution is -0.128. The summed E-state index contributed by atoms with van der Waals surface area (Å²) in [6.45, 7) is 15.4. The highest BCUT2D eigenvalue weighted by Crippen LogP contribution is 2.35. The van der Waals surface area contributed by atoms with Crippen LogP contribution in [0, 0.1) is 42.4 Å². The monoisotopic (exact) mass is 661 g/mol. The van der Waals surface area contributed by atoms with Crippen molar-refractivity contribution in [3.05, 3.63) is 35.9 Å². The molecule has 4 aliphatic rings. The Bertz CT molecular complexity index is 1300. The molecule has 266 valence electrons. The van der Waals surface area contributed by atoms with Crippen LogP contribution < -0.4 is 0 Å². The molecule has 1 unspecified atom stereocenters. The number of ketones is 2. The molecule has 6 rings (SSSR count). The normalized spacial score (nSPS) is 27.8. The van der Waals surface area contributed by atoms with Gasteiger partial charge in [0, 0.05) is 75.3 Å². The maximum absolute atomic E-state index is 13.4. The van der Waals surface area contributed by atoms with E-state index in [-0.39, 0.29) is 17.8 Å². The Balaban J connectivity index is 0.848. The van der Waals surface area contributed by atoms with Crippen molar-refractivity contribution in [2.24, 2.45) is 35.5 Å². The fraction of sp³-hybridized carbons (Fsp3) is 0.800. The van der Waals surface area contributed by atoms with E-state index in [1.807, 2.05) is 26.2 Å². The summed E-state index contributed by atoms with van der Waals surface area (Å²) in [5.74, 6) is 3.35. The van der Waals surface area contributed by atoms with Crippen LogP contribution in [-0.4, -0.2) is 80.2 Å². The van der Waals surface area contributed by atoms with Crippen molar-refractivity contribution in [2.45, 2.75) is 130 Å². The zero-order valence-electron chi connectivity index (χ0n) is 30.6. The van der Waals surface area contributed by atoms with Crippen molar-refractivity contribution < 1.29 is 9.59 Å². The maximum atomic E-state index is 13.4. The number of aromatic nitrogens is 4. The molecule has 2 aromatic heterocycles. The minimum absolute atomic E-state index is 0.127. The molecule has 8 heteroatoms. The zero-order chi connectivity index (χ0) is 33.6. The van der Waals surface area contributed by atoms with Gasteiger partial charge in [-0.25, -0.2) is 0 Å². The van der Waals surface area contributed by atoms with Crippen molar-refractivity contribution in [1.29, 1.82) is 0 Å². The summed E-state index contributed by atoms with van der Waals surface area (Å²) in [7, 11) is 0. The molecule has 0 radical (unpaired) electrons. The molecule has 2 saturated carbocycles. The number of likely N-dealkylation sites (tertiary alicyclic amines) is 2. The van der Waals surface area contributed by atoms with E-state index >= 15 is 0 Å². The summed E-state index contributed by atoms with van der Waals surface area (Å²) >= 11 is 0. The molecule has 2 aromatic rings. The third-order valence-electron chi connectivity index (χ3n) is 12.7. The van der Waals surface area contributed by atoms with Gasteiger partial charge in [0.1, 0.15) is 11.6 Å². The number of aryl methyl sites for hydroxylation is 2. The first-order valence-electron chi connectivity index (χ1n) is 19.8. The summed E-state index contributed by atoms with van der Waals surface area (Å²) in [6, 6.07) is 1.03. The fourth-order valence-corrected chi connectivity index (χ4v) is 9.46. The maximum Gasteiger partial charge on any atom is 0.138 e. The number of hydrogen-bond donors (Lipinski definition) is 0. The Morgan fingerprint density at radius 1 is 0.667 bits per heavy atom. The molecule has 4 fully saturated rings. The molecule has 8 nitrogen and oxygen atoms in total. The minimum Gasteiger partial charge on any atom is -0.303 e. The van der Waals surface area contributed by atoms with Gasteiger partial charge in [-0.2, -0.15) is 10.2 Å². The van der Waals surface area contributed by atoms with Gasteiger partial charge in [-0.3, -0.25) is 19.0 Å². The van der Waals surface area contributed by atoms with Crippen LogP contribution in [0.15, 0.2) is 24.8 Å². The lowest BCUT2D eigenvalue weighted by Crippen LogP contribution is -2.39. The van der Waals surface area contributed by atoms with Gasteiger partial charge in [0.25, 0.3) is 0 Å². The lowest BCUT2D eigenvalue weighted by Gasteiger charge is -2.36. The Labute approximate surface area is 290 Å². The highest BCUT2D eigenvalue weighted by atomic mass is 16.1. The summed E-state index contributed by atoms with van der Waals surface area (Å²) in [6.07, 6.45) is 24.2. The van der Waals surface area contributed by atoms with Gasteiger partial charge in [-0.1, -0.05) is 20.8 Å². The van der Waals surface area contributed by atoms with Crippen LogP contribution in [0.2, 0.25) is 0 Å².